The highest BCUT2D eigenvalue weighted by atomic mass is 16.6. The van der Waals surface area contributed by atoms with Crippen molar-refractivity contribution in [1.82, 2.24) is 0 Å². The van der Waals surface area contributed by atoms with Crippen LogP contribution in [-0.2, 0) is 9.59 Å². The van der Waals surface area contributed by atoms with Crippen molar-refractivity contribution in [3.63, 3.8) is 0 Å². The van der Waals surface area contributed by atoms with Crippen molar-refractivity contribution in [2.24, 2.45) is 11.7 Å². The van der Waals surface area contributed by atoms with Gasteiger partial charge in [-0.25, -0.2) is 0 Å². The first kappa shape index (κ1) is 18.7. The summed E-state index contributed by atoms with van der Waals surface area (Å²) in [6.07, 6.45) is 5.08. The molecule has 1 aliphatic carbocycles. The molecule has 1 aromatic carbocycles. The van der Waals surface area contributed by atoms with Crippen LogP contribution in [0.3, 0.4) is 0 Å². The molecule has 136 valence electrons. The van der Waals surface area contributed by atoms with E-state index in [1.807, 2.05) is 0 Å². The summed E-state index contributed by atoms with van der Waals surface area (Å²) in [5, 5.41) is 14.2. The number of hydrogen-bond donors (Lipinski definition) is 2. The highest BCUT2D eigenvalue weighted by Gasteiger charge is 2.26. The summed E-state index contributed by atoms with van der Waals surface area (Å²) < 4.78 is 0. The molecule has 1 fully saturated rings. The third kappa shape index (κ3) is 4.91. The van der Waals surface area contributed by atoms with Gasteiger partial charge in [-0.05, 0) is 25.0 Å². The predicted molar refractivity (Wildman–Crippen MR) is 95.4 cm³/mol. The van der Waals surface area contributed by atoms with Crippen LogP contribution in [0.25, 0.3) is 0 Å². The number of nitro benzene ring substituents is 1. The molecule has 0 atom stereocenters. The monoisotopic (exact) mass is 348 g/mol. The second kappa shape index (κ2) is 8.46. The minimum Gasteiger partial charge on any atom is -0.379 e. The maximum atomic E-state index is 12.6. The van der Waals surface area contributed by atoms with E-state index in [1.165, 1.54) is 11.0 Å². The van der Waals surface area contributed by atoms with Gasteiger partial charge in [-0.2, -0.15) is 0 Å². The molecule has 0 spiro atoms. The Hall–Kier alpha value is -2.64. The normalized spacial score (nSPS) is 14.8. The lowest BCUT2D eigenvalue weighted by atomic mass is 9.88. The molecule has 3 N–H and O–H groups in total. The topological polar surface area (TPSA) is 119 Å². The summed E-state index contributed by atoms with van der Waals surface area (Å²) in [7, 11) is 1.65. The number of hydrogen-bond acceptors (Lipinski definition) is 5. The Bertz CT molecular complexity index is 656. The van der Waals surface area contributed by atoms with Gasteiger partial charge in [0, 0.05) is 32.0 Å². The molecule has 0 radical (unpaired) electrons. The van der Waals surface area contributed by atoms with Crippen molar-refractivity contribution < 1.29 is 14.5 Å². The number of nitrogens with one attached hydrogen (secondary N) is 1. The highest BCUT2D eigenvalue weighted by Crippen LogP contribution is 2.32. The van der Waals surface area contributed by atoms with E-state index in [4.69, 9.17) is 5.73 Å². The zero-order chi connectivity index (χ0) is 18.4. The summed E-state index contributed by atoms with van der Waals surface area (Å²) >= 11 is 0. The van der Waals surface area contributed by atoms with E-state index >= 15 is 0 Å². The first-order valence-electron chi connectivity index (χ1n) is 8.48. The summed E-state index contributed by atoms with van der Waals surface area (Å²) in [4.78, 5) is 35.7. The molecule has 1 aliphatic rings. The standard InChI is InChI=1S/C17H24N4O4/c1-20(17(23)12-5-3-2-4-6-12)13-7-8-14(15(11-13)21(24)25)19-10-9-16(18)22/h7-8,11-12,19H,2-6,9-10H2,1H3,(H2,18,22). The van der Waals surface area contributed by atoms with Gasteiger partial charge in [0.25, 0.3) is 5.69 Å². The molecule has 1 saturated carbocycles. The van der Waals surface area contributed by atoms with Gasteiger partial charge in [-0.3, -0.25) is 19.7 Å². The van der Waals surface area contributed by atoms with Crippen LogP contribution in [0.5, 0.6) is 0 Å². The Kier molecular flexibility index (Phi) is 6.32. The second-order valence-corrected chi connectivity index (χ2v) is 6.33. The van der Waals surface area contributed by atoms with Crippen LogP contribution in [0, 0.1) is 16.0 Å². The molecule has 25 heavy (non-hydrogen) atoms. The summed E-state index contributed by atoms with van der Waals surface area (Å²) in [5.41, 5.74) is 5.72. The van der Waals surface area contributed by atoms with Gasteiger partial charge in [0.05, 0.1) is 10.6 Å². The number of nitrogens with two attached hydrogens (primary N) is 1. The summed E-state index contributed by atoms with van der Waals surface area (Å²) in [6, 6.07) is 4.60. The largest absolute Gasteiger partial charge is 0.379 e. The van der Waals surface area contributed by atoms with E-state index in [2.05, 4.69) is 5.32 Å². The maximum absolute atomic E-state index is 12.6. The van der Waals surface area contributed by atoms with E-state index in [0.717, 1.165) is 32.1 Å². The minimum absolute atomic E-state index is 0.00318. The van der Waals surface area contributed by atoms with Gasteiger partial charge in [-0.1, -0.05) is 19.3 Å². The molecular formula is C17H24N4O4. The van der Waals surface area contributed by atoms with Crippen molar-refractivity contribution in [3.8, 4) is 0 Å². The van der Waals surface area contributed by atoms with Crippen molar-refractivity contribution in [2.45, 2.75) is 38.5 Å². The van der Waals surface area contributed by atoms with Gasteiger partial charge in [-0.15, -0.1) is 0 Å². The Balaban J connectivity index is 2.15. The van der Waals surface area contributed by atoms with Crippen molar-refractivity contribution >= 4 is 28.9 Å². The number of benzene rings is 1. The first-order chi connectivity index (χ1) is 11.9. The van der Waals surface area contributed by atoms with Gasteiger partial charge in [0.15, 0.2) is 0 Å². The fourth-order valence-electron chi connectivity index (χ4n) is 3.10. The number of nitro groups is 1. The van der Waals surface area contributed by atoms with E-state index in [9.17, 15) is 19.7 Å². The van der Waals surface area contributed by atoms with Crippen LogP contribution in [0.15, 0.2) is 18.2 Å². The van der Waals surface area contributed by atoms with Gasteiger partial charge >= 0.3 is 0 Å². The summed E-state index contributed by atoms with van der Waals surface area (Å²) in [5.74, 6) is -0.487. The molecule has 0 bridgehead atoms. The number of nitrogens with zero attached hydrogens (tertiary/aromatic N) is 2. The van der Waals surface area contributed by atoms with E-state index < -0.39 is 10.8 Å². The Morgan fingerprint density at radius 3 is 2.60 bits per heavy atom. The van der Waals surface area contributed by atoms with Gasteiger partial charge in [0.2, 0.25) is 11.8 Å². The SMILES string of the molecule is CN(C(=O)C1CCCCC1)c1ccc(NCCC(N)=O)c([N+](=O)[O-])c1. The Labute approximate surface area is 146 Å². The average Bonchev–Trinajstić information content (AvgIpc) is 2.61. The first-order valence-corrected chi connectivity index (χ1v) is 8.48. The molecule has 0 aliphatic heterocycles. The van der Waals surface area contributed by atoms with Crippen molar-refractivity contribution in [1.29, 1.82) is 0 Å². The molecule has 0 aromatic heterocycles. The number of carbonyl (C=O) groups is 2. The van der Waals surface area contributed by atoms with Gasteiger partial charge in [0.1, 0.15) is 5.69 Å². The number of rotatable bonds is 7. The Morgan fingerprint density at radius 1 is 1.32 bits per heavy atom. The molecule has 8 heteroatoms. The van der Waals surface area contributed by atoms with E-state index in [1.54, 1.807) is 19.2 Å². The zero-order valence-electron chi connectivity index (χ0n) is 14.4. The van der Waals surface area contributed by atoms with Crippen LogP contribution in [0.2, 0.25) is 0 Å². The molecule has 1 aromatic rings. The number of amides is 2. The minimum atomic E-state index is -0.505. The van der Waals surface area contributed by atoms with Crippen molar-refractivity contribution in [3.05, 3.63) is 28.3 Å². The van der Waals surface area contributed by atoms with E-state index in [0.29, 0.717) is 11.4 Å². The lowest BCUT2D eigenvalue weighted by Crippen LogP contribution is -2.34. The smallest absolute Gasteiger partial charge is 0.294 e. The lowest BCUT2D eigenvalue weighted by Gasteiger charge is -2.26. The summed E-state index contributed by atoms with van der Waals surface area (Å²) in [6.45, 7) is 0.215. The zero-order valence-corrected chi connectivity index (χ0v) is 14.4. The van der Waals surface area contributed by atoms with Crippen LogP contribution >= 0.6 is 0 Å². The molecule has 0 unspecified atom stereocenters. The predicted octanol–water partition coefficient (Wildman–Crippen LogP) is 2.43. The van der Waals surface area contributed by atoms with Crippen LogP contribution in [0.4, 0.5) is 17.1 Å². The Morgan fingerprint density at radius 2 is 2.00 bits per heavy atom. The fourth-order valence-corrected chi connectivity index (χ4v) is 3.10. The number of anilines is 2. The maximum Gasteiger partial charge on any atom is 0.294 e. The van der Waals surface area contributed by atoms with Crippen LogP contribution < -0.4 is 16.0 Å². The molecule has 8 nitrogen and oxygen atoms in total. The third-order valence-corrected chi connectivity index (χ3v) is 4.54. The molecule has 2 rings (SSSR count). The number of primary amides is 1. The number of carbonyl (C=O) groups excluding carboxylic acids is 2. The molecule has 2 amide bonds. The molecular weight excluding hydrogens is 324 g/mol. The van der Waals surface area contributed by atoms with Crippen LogP contribution in [-0.4, -0.2) is 30.3 Å². The van der Waals surface area contributed by atoms with Gasteiger partial charge < -0.3 is 16.0 Å². The molecule has 0 saturated heterocycles. The average molecular weight is 348 g/mol. The van der Waals surface area contributed by atoms with Crippen molar-refractivity contribution in [2.75, 3.05) is 23.8 Å². The van der Waals surface area contributed by atoms with E-state index in [-0.39, 0.29) is 30.5 Å². The second-order valence-electron chi connectivity index (χ2n) is 6.33. The lowest BCUT2D eigenvalue weighted by molar-refractivity contribution is -0.383. The fraction of sp³-hybridized carbons (Fsp3) is 0.529. The highest BCUT2D eigenvalue weighted by molar-refractivity contribution is 5.95. The third-order valence-electron chi connectivity index (χ3n) is 4.54. The molecule has 0 heterocycles. The quantitative estimate of drug-likeness (QED) is 0.579. The van der Waals surface area contributed by atoms with Crippen LogP contribution in [0.1, 0.15) is 38.5 Å².